The van der Waals surface area contributed by atoms with Crippen molar-refractivity contribution in [2.24, 2.45) is 7.05 Å². The van der Waals surface area contributed by atoms with Crippen LogP contribution < -0.4 is 11.1 Å². The van der Waals surface area contributed by atoms with Gasteiger partial charge in [0.2, 0.25) is 5.91 Å². The number of likely N-dealkylation sites (tertiary alicyclic amines) is 2. The Bertz CT molecular complexity index is 1930. The number of urea groups is 1. The number of para-hydroxylation sites is 1. The molecule has 4 aromatic rings. The molecule has 0 spiro atoms. The number of fused-ring (bicyclic) bond motifs is 2. The van der Waals surface area contributed by atoms with E-state index in [1.165, 1.54) is 18.9 Å². The number of hydrogen-bond donors (Lipinski definition) is 2. The fourth-order valence-electron chi connectivity index (χ4n) is 7.99. The van der Waals surface area contributed by atoms with Crippen molar-refractivity contribution < 1.29 is 22.8 Å². The third-order valence-corrected chi connectivity index (χ3v) is 11.1. The minimum absolute atomic E-state index is 0.00790. The molecule has 0 aliphatic carbocycles. The molecule has 270 valence electrons. The van der Waals surface area contributed by atoms with Crippen molar-refractivity contribution in [3.8, 4) is 0 Å². The van der Waals surface area contributed by atoms with Crippen LogP contribution in [-0.4, -0.2) is 75.0 Å². The second-order valence-electron chi connectivity index (χ2n) is 14.1. The number of imidazole rings is 1. The van der Waals surface area contributed by atoms with E-state index >= 15 is 0 Å². The monoisotopic (exact) mass is 721 g/mol. The number of carbonyl (C=O) groups is 2. The van der Waals surface area contributed by atoms with Crippen molar-refractivity contribution in [1.82, 2.24) is 24.3 Å². The molecule has 0 saturated carbocycles. The number of aromatic nitrogens is 2. The van der Waals surface area contributed by atoms with Gasteiger partial charge in [-0.2, -0.15) is 13.2 Å². The van der Waals surface area contributed by atoms with E-state index in [4.69, 9.17) is 22.3 Å². The highest BCUT2D eigenvalue weighted by Gasteiger charge is 2.36. The van der Waals surface area contributed by atoms with Crippen molar-refractivity contribution in [3.63, 3.8) is 0 Å². The zero-order valence-corrected chi connectivity index (χ0v) is 29.4. The molecule has 3 aromatic carbocycles. The number of carbonyl (C=O) groups excluding carboxylic acids is 2. The molecule has 1 unspecified atom stereocenters. The quantitative estimate of drug-likeness (QED) is 0.187. The Labute approximate surface area is 300 Å². The maximum absolute atomic E-state index is 14.0. The summed E-state index contributed by atoms with van der Waals surface area (Å²) < 4.78 is 43.8. The molecule has 13 heteroatoms. The molecule has 3 N–H and O–H groups in total. The lowest BCUT2D eigenvalue weighted by molar-refractivity contribution is -0.137. The lowest BCUT2D eigenvalue weighted by Crippen LogP contribution is -2.50. The van der Waals surface area contributed by atoms with Gasteiger partial charge in [0.25, 0.3) is 0 Å². The molecule has 3 amide bonds. The van der Waals surface area contributed by atoms with E-state index in [1.54, 1.807) is 0 Å². The van der Waals surface area contributed by atoms with E-state index in [0.29, 0.717) is 43.9 Å². The minimum atomic E-state index is -4.68. The fourth-order valence-corrected chi connectivity index (χ4v) is 8.23. The topological polar surface area (TPSA) is 99.7 Å². The highest BCUT2D eigenvalue weighted by atomic mass is 35.5. The zero-order chi connectivity index (χ0) is 35.9. The average molecular weight is 722 g/mol. The summed E-state index contributed by atoms with van der Waals surface area (Å²) in [4.78, 5) is 38.2. The molecule has 9 nitrogen and oxygen atoms in total. The average Bonchev–Trinajstić information content (AvgIpc) is 3.69. The van der Waals surface area contributed by atoms with Crippen LogP contribution in [0.25, 0.3) is 11.0 Å². The van der Waals surface area contributed by atoms with Gasteiger partial charge in [-0.1, -0.05) is 35.9 Å². The molecule has 2 fully saturated rings. The Kier molecular flexibility index (Phi) is 9.91. The zero-order valence-electron chi connectivity index (χ0n) is 28.7. The normalized spacial score (nSPS) is 18.2. The van der Waals surface area contributed by atoms with Gasteiger partial charge < -0.3 is 25.4 Å². The SMILES string of the molecule is Cn1c(C(CC(=O)N2CCC(N3CCc4ccccc4NC3=O)CC2)Cc2cc(Cl)c(N)c(C(F)(F)F)c2)nc2ccc(CN3CCCC3)cc21. The summed E-state index contributed by atoms with van der Waals surface area (Å²) in [5.41, 5.74) is 9.33. The maximum Gasteiger partial charge on any atom is 0.418 e. The van der Waals surface area contributed by atoms with Crippen LogP contribution in [0.2, 0.25) is 5.02 Å². The van der Waals surface area contributed by atoms with Crippen LogP contribution in [0.5, 0.6) is 0 Å². The molecular weight excluding hydrogens is 679 g/mol. The summed E-state index contributed by atoms with van der Waals surface area (Å²) in [5, 5.41) is 2.86. The molecule has 1 aromatic heterocycles. The van der Waals surface area contributed by atoms with Gasteiger partial charge in [-0.25, -0.2) is 9.78 Å². The minimum Gasteiger partial charge on any atom is -0.397 e. The first-order chi connectivity index (χ1) is 24.4. The number of nitrogens with one attached hydrogen (secondary N) is 1. The number of nitrogen functional groups attached to an aromatic ring is 1. The Hall–Kier alpha value is -4.29. The van der Waals surface area contributed by atoms with Gasteiger partial charge in [0.05, 0.1) is 27.3 Å². The molecular formula is C38H43ClF3N7O2. The number of benzene rings is 3. The van der Waals surface area contributed by atoms with Crippen molar-refractivity contribution in [2.75, 3.05) is 43.8 Å². The summed E-state index contributed by atoms with van der Waals surface area (Å²) >= 11 is 6.23. The fraction of sp³-hybridized carbons (Fsp3) is 0.447. The predicted octanol–water partition coefficient (Wildman–Crippen LogP) is 7.22. The van der Waals surface area contributed by atoms with E-state index in [-0.39, 0.29) is 35.8 Å². The summed E-state index contributed by atoms with van der Waals surface area (Å²) in [7, 11) is 1.90. The van der Waals surface area contributed by atoms with Crippen LogP contribution >= 0.6 is 11.6 Å². The maximum atomic E-state index is 14.0. The lowest BCUT2D eigenvalue weighted by atomic mass is 9.92. The number of rotatable bonds is 8. The number of aryl methyl sites for hydroxylation is 1. The first-order valence-corrected chi connectivity index (χ1v) is 18.1. The highest BCUT2D eigenvalue weighted by molar-refractivity contribution is 6.33. The number of anilines is 2. The van der Waals surface area contributed by atoms with Gasteiger partial charge in [0, 0.05) is 57.3 Å². The van der Waals surface area contributed by atoms with Gasteiger partial charge in [-0.3, -0.25) is 9.69 Å². The second-order valence-corrected chi connectivity index (χ2v) is 14.5. The van der Waals surface area contributed by atoms with E-state index < -0.39 is 23.3 Å². The lowest BCUT2D eigenvalue weighted by Gasteiger charge is -2.38. The van der Waals surface area contributed by atoms with Gasteiger partial charge >= 0.3 is 12.2 Å². The van der Waals surface area contributed by atoms with E-state index in [9.17, 15) is 22.8 Å². The number of alkyl halides is 3. The third kappa shape index (κ3) is 7.53. The Morgan fingerprint density at radius 1 is 1.02 bits per heavy atom. The molecule has 0 radical (unpaired) electrons. The third-order valence-electron chi connectivity index (χ3n) is 10.7. The Morgan fingerprint density at radius 2 is 1.76 bits per heavy atom. The van der Waals surface area contributed by atoms with E-state index in [1.807, 2.05) is 51.7 Å². The van der Waals surface area contributed by atoms with Crippen LogP contribution in [0.15, 0.2) is 54.6 Å². The summed E-state index contributed by atoms with van der Waals surface area (Å²) in [6, 6.07) is 16.3. The highest BCUT2D eigenvalue weighted by Crippen LogP contribution is 2.39. The predicted molar refractivity (Wildman–Crippen MR) is 193 cm³/mol. The number of nitrogens with zero attached hydrogens (tertiary/aromatic N) is 5. The van der Waals surface area contributed by atoms with Gasteiger partial charge in [-0.05, 0) is 98.6 Å². The van der Waals surface area contributed by atoms with Crippen molar-refractivity contribution in [3.05, 3.63) is 87.7 Å². The molecule has 51 heavy (non-hydrogen) atoms. The van der Waals surface area contributed by atoms with Crippen LogP contribution in [0.4, 0.5) is 29.3 Å². The first-order valence-electron chi connectivity index (χ1n) is 17.7. The number of halogens is 4. The number of nitrogens with two attached hydrogens (primary N) is 1. The number of amides is 3. The van der Waals surface area contributed by atoms with Crippen LogP contribution in [0.1, 0.15) is 66.1 Å². The van der Waals surface area contributed by atoms with Crippen LogP contribution in [0.3, 0.4) is 0 Å². The smallest absolute Gasteiger partial charge is 0.397 e. The van der Waals surface area contributed by atoms with Gasteiger partial charge in [0.1, 0.15) is 5.82 Å². The molecule has 2 saturated heterocycles. The largest absolute Gasteiger partial charge is 0.418 e. The Morgan fingerprint density at radius 3 is 2.51 bits per heavy atom. The molecule has 7 rings (SSSR count). The molecule has 4 heterocycles. The van der Waals surface area contributed by atoms with Crippen LogP contribution in [-0.2, 0) is 37.4 Å². The van der Waals surface area contributed by atoms with E-state index in [0.717, 1.165) is 60.0 Å². The number of hydrogen-bond acceptors (Lipinski definition) is 5. The molecule has 1 atom stereocenters. The van der Waals surface area contributed by atoms with E-state index in [2.05, 4.69) is 22.3 Å². The summed E-state index contributed by atoms with van der Waals surface area (Å²) in [6.07, 6.45) is -0.126. The summed E-state index contributed by atoms with van der Waals surface area (Å²) in [6.45, 7) is 4.52. The molecule has 3 aliphatic rings. The van der Waals surface area contributed by atoms with Crippen LogP contribution in [0, 0.1) is 0 Å². The Balaban J connectivity index is 1.11. The standard InChI is InChI=1S/C38H43ClF3N7O2/c1-46-33-21-24(23-47-13-4-5-14-47)8-9-32(33)44-36(46)27(18-25-19-29(38(40,41)42)35(43)30(39)20-25)22-34(50)48-15-11-28(12-16-48)49-17-10-26-6-2-3-7-31(26)45-37(49)51/h2-3,6-9,19-21,27-28H,4-5,10-18,22-23,43H2,1H3,(H,45,51). The van der Waals surface area contributed by atoms with Gasteiger partial charge in [-0.15, -0.1) is 0 Å². The van der Waals surface area contributed by atoms with Gasteiger partial charge in [0.15, 0.2) is 0 Å². The van der Waals surface area contributed by atoms with Crippen molar-refractivity contribution in [2.45, 2.75) is 69.6 Å². The molecule has 3 aliphatic heterocycles. The first kappa shape index (κ1) is 35.1. The van der Waals surface area contributed by atoms with Crippen molar-refractivity contribution >= 4 is 45.9 Å². The number of piperidine rings is 1. The molecule has 0 bridgehead atoms. The second kappa shape index (κ2) is 14.4. The summed E-state index contributed by atoms with van der Waals surface area (Å²) in [5.74, 6) is -0.0234. The van der Waals surface area contributed by atoms with Crippen molar-refractivity contribution in [1.29, 1.82) is 0 Å².